The molecule has 1 heterocycles. The second-order valence-electron chi connectivity index (χ2n) is 5.08. The molecule has 1 aliphatic rings. The van der Waals surface area contributed by atoms with Crippen LogP contribution in [0, 0.1) is 5.92 Å². The molecule has 1 aliphatic heterocycles. The Kier molecular flexibility index (Phi) is 7.23. The first-order valence-electron chi connectivity index (χ1n) is 6.80. The minimum Gasteiger partial charge on any atom is -0.481 e. The van der Waals surface area contributed by atoms with Gasteiger partial charge in [-0.3, -0.25) is 9.69 Å². The summed E-state index contributed by atoms with van der Waals surface area (Å²) >= 11 is 0. The van der Waals surface area contributed by atoms with Crippen molar-refractivity contribution in [3.8, 4) is 0 Å². The molecule has 18 heavy (non-hydrogen) atoms. The summed E-state index contributed by atoms with van der Waals surface area (Å²) in [5, 5.41) is 8.97. The highest BCUT2D eigenvalue weighted by Crippen LogP contribution is 2.07. The number of hydrogen-bond donors (Lipinski definition) is 1. The van der Waals surface area contributed by atoms with Crippen molar-refractivity contribution < 1.29 is 14.6 Å². The van der Waals surface area contributed by atoms with E-state index >= 15 is 0 Å². The molecule has 0 aromatic rings. The highest BCUT2D eigenvalue weighted by molar-refractivity contribution is 5.69. The molecule has 5 heteroatoms. The fourth-order valence-corrected chi connectivity index (χ4v) is 2.27. The molecule has 5 nitrogen and oxygen atoms in total. The van der Waals surface area contributed by atoms with Gasteiger partial charge in [-0.2, -0.15) is 0 Å². The van der Waals surface area contributed by atoms with Gasteiger partial charge in [-0.15, -0.1) is 0 Å². The maximum absolute atomic E-state index is 10.9. The molecule has 0 aliphatic carbocycles. The lowest BCUT2D eigenvalue weighted by atomic mass is 10.1. The van der Waals surface area contributed by atoms with Crippen LogP contribution in [0.4, 0.5) is 0 Å². The number of aliphatic carboxylic acids is 1. The molecule has 1 atom stereocenters. The summed E-state index contributed by atoms with van der Waals surface area (Å²) in [6.45, 7) is 8.18. The summed E-state index contributed by atoms with van der Waals surface area (Å²) in [7, 11) is 1.68. The fourth-order valence-electron chi connectivity index (χ4n) is 2.27. The molecule has 1 unspecified atom stereocenters. The van der Waals surface area contributed by atoms with E-state index in [0.717, 1.165) is 19.6 Å². The minimum absolute atomic E-state index is 0.319. The van der Waals surface area contributed by atoms with Crippen molar-refractivity contribution in [2.45, 2.75) is 19.8 Å². The number of carboxylic acid groups (broad SMARTS) is 1. The average molecular weight is 258 g/mol. The Balaban J connectivity index is 2.31. The fraction of sp³-hybridized carbons (Fsp3) is 0.923. The molecule has 1 saturated heterocycles. The topological polar surface area (TPSA) is 53.0 Å². The lowest BCUT2D eigenvalue weighted by Crippen LogP contribution is -2.39. The molecule has 0 spiro atoms. The van der Waals surface area contributed by atoms with Gasteiger partial charge < -0.3 is 14.7 Å². The summed E-state index contributed by atoms with van der Waals surface area (Å²) in [6, 6.07) is 0. The standard InChI is InChI=1S/C13H26N2O3/c1-12(13(16)17)11-15(9-10-18-2)8-7-14-5-3-4-6-14/h12H,3-11H2,1-2H3,(H,16,17). The second-order valence-corrected chi connectivity index (χ2v) is 5.08. The van der Waals surface area contributed by atoms with Gasteiger partial charge in [-0.1, -0.05) is 6.92 Å². The van der Waals surface area contributed by atoms with Crippen LogP contribution in [0.1, 0.15) is 19.8 Å². The Morgan fingerprint density at radius 1 is 1.39 bits per heavy atom. The highest BCUT2D eigenvalue weighted by atomic mass is 16.5. The van der Waals surface area contributed by atoms with Crippen molar-refractivity contribution >= 4 is 5.97 Å². The van der Waals surface area contributed by atoms with E-state index in [1.807, 2.05) is 0 Å². The SMILES string of the molecule is COCCN(CCN1CCCC1)CC(C)C(=O)O. The van der Waals surface area contributed by atoms with Crippen molar-refractivity contribution in [3.05, 3.63) is 0 Å². The van der Waals surface area contributed by atoms with Gasteiger partial charge in [0.15, 0.2) is 0 Å². The second kappa shape index (κ2) is 8.45. The maximum Gasteiger partial charge on any atom is 0.307 e. The number of ether oxygens (including phenoxy) is 1. The number of likely N-dealkylation sites (tertiary alicyclic amines) is 1. The summed E-state index contributed by atoms with van der Waals surface area (Å²) in [6.07, 6.45) is 2.59. The maximum atomic E-state index is 10.9. The van der Waals surface area contributed by atoms with E-state index in [1.54, 1.807) is 14.0 Å². The zero-order chi connectivity index (χ0) is 13.4. The summed E-state index contributed by atoms with van der Waals surface area (Å²) in [5.41, 5.74) is 0. The Morgan fingerprint density at radius 3 is 2.61 bits per heavy atom. The van der Waals surface area contributed by atoms with E-state index in [1.165, 1.54) is 25.9 Å². The molecular weight excluding hydrogens is 232 g/mol. The third-order valence-electron chi connectivity index (χ3n) is 3.50. The van der Waals surface area contributed by atoms with Crippen LogP contribution in [0.25, 0.3) is 0 Å². The molecular formula is C13H26N2O3. The first-order chi connectivity index (χ1) is 8.63. The summed E-state index contributed by atoms with van der Waals surface area (Å²) < 4.78 is 5.08. The van der Waals surface area contributed by atoms with Gasteiger partial charge in [0.25, 0.3) is 0 Å². The molecule has 0 saturated carbocycles. The monoisotopic (exact) mass is 258 g/mol. The van der Waals surface area contributed by atoms with Gasteiger partial charge in [0.05, 0.1) is 12.5 Å². The average Bonchev–Trinajstić information content (AvgIpc) is 2.85. The molecule has 1 rings (SSSR count). The van der Waals surface area contributed by atoms with Crippen molar-refractivity contribution in [1.29, 1.82) is 0 Å². The Bertz CT molecular complexity index is 242. The van der Waals surface area contributed by atoms with Crippen molar-refractivity contribution in [2.24, 2.45) is 5.92 Å². The van der Waals surface area contributed by atoms with E-state index in [9.17, 15) is 4.79 Å². The van der Waals surface area contributed by atoms with Crippen LogP contribution in [-0.2, 0) is 9.53 Å². The third kappa shape index (κ3) is 5.80. The molecule has 1 fully saturated rings. The summed E-state index contributed by atoms with van der Waals surface area (Å²) in [4.78, 5) is 15.5. The number of carboxylic acids is 1. The van der Waals surface area contributed by atoms with E-state index in [-0.39, 0.29) is 5.92 Å². The van der Waals surface area contributed by atoms with Gasteiger partial charge in [-0.05, 0) is 25.9 Å². The van der Waals surface area contributed by atoms with Crippen molar-refractivity contribution in [1.82, 2.24) is 9.80 Å². The number of rotatable bonds is 9. The van der Waals surface area contributed by atoms with E-state index in [2.05, 4.69) is 9.80 Å². The smallest absolute Gasteiger partial charge is 0.307 e. The van der Waals surface area contributed by atoms with Crippen molar-refractivity contribution in [2.75, 3.05) is 53.0 Å². The van der Waals surface area contributed by atoms with E-state index in [0.29, 0.717) is 13.2 Å². The van der Waals surface area contributed by atoms with Gasteiger partial charge in [-0.25, -0.2) is 0 Å². The first-order valence-corrected chi connectivity index (χ1v) is 6.80. The van der Waals surface area contributed by atoms with Crippen LogP contribution in [-0.4, -0.2) is 73.9 Å². The largest absolute Gasteiger partial charge is 0.481 e. The molecule has 0 aromatic carbocycles. The molecule has 106 valence electrons. The first kappa shape index (κ1) is 15.4. The summed E-state index contributed by atoms with van der Waals surface area (Å²) in [5.74, 6) is -1.04. The zero-order valence-corrected chi connectivity index (χ0v) is 11.6. The molecule has 0 bridgehead atoms. The number of methoxy groups -OCH3 is 1. The number of carbonyl (C=O) groups is 1. The van der Waals surface area contributed by atoms with Gasteiger partial charge >= 0.3 is 5.97 Å². The normalized spacial score (nSPS) is 18.4. The molecule has 0 radical (unpaired) electrons. The van der Waals surface area contributed by atoms with Crippen LogP contribution >= 0.6 is 0 Å². The van der Waals surface area contributed by atoms with Crippen LogP contribution in [0.2, 0.25) is 0 Å². The zero-order valence-electron chi connectivity index (χ0n) is 11.6. The quantitative estimate of drug-likeness (QED) is 0.661. The van der Waals surface area contributed by atoms with Gasteiger partial charge in [0.2, 0.25) is 0 Å². The van der Waals surface area contributed by atoms with Gasteiger partial charge in [0, 0.05) is 33.3 Å². The lowest BCUT2D eigenvalue weighted by Gasteiger charge is -2.26. The highest BCUT2D eigenvalue weighted by Gasteiger charge is 2.18. The molecule has 1 N–H and O–H groups in total. The Labute approximate surface area is 110 Å². The molecule has 0 aromatic heterocycles. The van der Waals surface area contributed by atoms with Crippen LogP contribution < -0.4 is 0 Å². The Hall–Kier alpha value is -0.650. The van der Waals surface area contributed by atoms with Gasteiger partial charge in [0.1, 0.15) is 0 Å². The predicted octanol–water partition coefficient (Wildman–Crippen LogP) is 0.751. The molecule has 0 amide bonds. The third-order valence-corrected chi connectivity index (χ3v) is 3.50. The Morgan fingerprint density at radius 2 is 2.06 bits per heavy atom. The minimum atomic E-state index is -0.724. The van der Waals surface area contributed by atoms with Crippen molar-refractivity contribution in [3.63, 3.8) is 0 Å². The van der Waals surface area contributed by atoms with Crippen LogP contribution in [0.15, 0.2) is 0 Å². The van der Waals surface area contributed by atoms with E-state index in [4.69, 9.17) is 9.84 Å². The van der Waals surface area contributed by atoms with Crippen LogP contribution in [0.5, 0.6) is 0 Å². The number of hydrogen-bond acceptors (Lipinski definition) is 4. The lowest BCUT2D eigenvalue weighted by molar-refractivity contribution is -0.141. The van der Waals surface area contributed by atoms with E-state index < -0.39 is 5.97 Å². The number of nitrogens with zero attached hydrogens (tertiary/aromatic N) is 2. The predicted molar refractivity (Wildman–Crippen MR) is 70.8 cm³/mol. The van der Waals surface area contributed by atoms with Crippen LogP contribution in [0.3, 0.4) is 0 Å².